The summed E-state index contributed by atoms with van der Waals surface area (Å²) in [7, 11) is 1.35. The van der Waals surface area contributed by atoms with Crippen LogP contribution in [-0.2, 0) is 0 Å². The zero-order valence-electron chi connectivity index (χ0n) is 10.2. The lowest BCUT2D eigenvalue weighted by Crippen LogP contribution is -2.18. The number of nitrogens with one attached hydrogen (secondary N) is 1. The molecule has 0 aliphatic heterocycles. The van der Waals surface area contributed by atoms with E-state index in [4.69, 9.17) is 15.6 Å². The third-order valence-electron chi connectivity index (χ3n) is 2.48. The van der Waals surface area contributed by atoms with Crippen LogP contribution in [0.2, 0.25) is 0 Å². The second-order valence-corrected chi connectivity index (χ2v) is 4.56. The molecule has 0 saturated heterocycles. The van der Waals surface area contributed by atoms with Gasteiger partial charge in [0.2, 0.25) is 0 Å². The fourth-order valence-corrected chi connectivity index (χ4v) is 2.48. The van der Waals surface area contributed by atoms with E-state index in [1.807, 2.05) is 0 Å². The molecular formula is C11H9N3O5S. The second kappa shape index (κ2) is 5.13. The minimum absolute atomic E-state index is 0.169. The van der Waals surface area contributed by atoms with Crippen LogP contribution in [0.25, 0.3) is 11.3 Å². The fraction of sp³-hybridized carbons (Fsp3) is 0.0909. The lowest BCUT2D eigenvalue weighted by Gasteiger charge is -2.04. The highest BCUT2D eigenvalue weighted by atomic mass is 32.1. The highest BCUT2D eigenvalue weighted by Gasteiger charge is 2.20. The Kier molecular flexibility index (Phi) is 3.53. The maximum atomic E-state index is 11.3. The summed E-state index contributed by atoms with van der Waals surface area (Å²) < 4.78 is 5.09. The largest absolute Gasteiger partial charge is 0.494 e. The van der Waals surface area contributed by atoms with Crippen LogP contribution in [0, 0.1) is 0 Å². The quantitative estimate of drug-likeness (QED) is 0.742. The van der Waals surface area contributed by atoms with Crippen LogP contribution in [0.3, 0.4) is 0 Å². The molecule has 0 aliphatic carbocycles. The van der Waals surface area contributed by atoms with Crippen LogP contribution in [0.4, 0.5) is 0 Å². The van der Waals surface area contributed by atoms with E-state index in [2.05, 4.69) is 10.2 Å². The normalized spacial score (nSPS) is 10.2. The number of amides is 1. The smallest absolute Gasteiger partial charge is 0.341 e. The Bertz CT molecular complexity index is 749. The number of carbonyl (C=O) groups excluding carboxylic acids is 1. The predicted octanol–water partition coefficient (Wildman–Crippen LogP) is 0.304. The molecule has 20 heavy (non-hydrogen) atoms. The second-order valence-electron chi connectivity index (χ2n) is 3.68. The van der Waals surface area contributed by atoms with Gasteiger partial charge in [-0.05, 0) is 6.07 Å². The van der Waals surface area contributed by atoms with E-state index in [0.29, 0.717) is 5.56 Å². The molecule has 4 N–H and O–H groups in total. The molecule has 0 atom stereocenters. The highest BCUT2D eigenvalue weighted by Crippen LogP contribution is 2.36. The number of ether oxygens (including phenoxy) is 1. The number of nitrogens with zero attached hydrogens (tertiary/aromatic N) is 1. The van der Waals surface area contributed by atoms with Crippen LogP contribution >= 0.6 is 11.3 Å². The molecule has 1 amide bonds. The number of carboxylic acid groups (broad SMARTS) is 1. The number of hydrogen-bond donors (Lipinski definition) is 3. The molecule has 2 rings (SSSR count). The van der Waals surface area contributed by atoms with Crippen molar-refractivity contribution >= 4 is 23.2 Å². The Balaban J connectivity index is 2.63. The number of methoxy groups -OCH3 is 1. The third kappa shape index (κ3) is 2.26. The van der Waals surface area contributed by atoms with Gasteiger partial charge < -0.3 is 15.6 Å². The number of hydrogen-bond acceptors (Lipinski definition) is 6. The number of nitrogens with two attached hydrogens (primary N) is 1. The first-order chi connectivity index (χ1) is 9.45. The Morgan fingerprint density at radius 2 is 2.20 bits per heavy atom. The Hall–Kier alpha value is -2.68. The van der Waals surface area contributed by atoms with E-state index < -0.39 is 23.0 Å². The monoisotopic (exact) mass is 295 g/mol. The topological polar surface area (TPSA) is 135 Å². The van der Waals surface area contributed by atoms with Crippen LogP contribution in [0.5, 0.6) is 5.75 Å². The van der Waals surface area contributed by atoms with Gasteiger partial charge in [-0.2, -0.15) is 5.10 Å². The molecule has 0 aromatic carbocycles. The molecule has 2 aromatic rings. The van der Waals surface area contributed by atoms with Crippen molar-refractivity contribution in [2.45, 2.75) is 0 Å². The van der Waals surface area contributed by atoms with Gasteiger partial charge in [-0.3, -0.25) is 9.59 Å². The molecule has 0 spiro atoms. The summed E-state index contributed by atoms with van der Waals surface area (Å²) in [5, 5.41) is 16.3. The van der Waals surface area contributed by atoms with Gasteiger partial charge in [0.1, 0.15) is 10.4 Å². The van der Waals surface area contributed by atoms with Gasteiger partial charge in [-0.15, -0.1) is 11.3 Å². The molecular weight excluding hydrogens is 286 g/mol. The summed E-state index contributed by atoms with van der Waals surface area (Å²) in [4.78, 5) is 33.7. The first-order valence-electron chi connectivity index (χ1n) is 5.24. The number of aromatic nitrogens is 2. The van der Waals surface area contributed by atoms with Gasteiger partial charge in [-0.25, -0.2) is 9.89 Å². The minimum Gasteiger partial charge on any atom is -0.494 e. The lowest BCUT2D eigenvalue weighted by atomic mass is 10.1. The van der Waals surface area contributed by atoms with E-state index in [-0.39, 0.29) is 16.3 Å². The first kappa shape index (κ1) is 13.7. The summed E-state index contributed by atoms with van der Waals surface area (Å²) >= 11 is 1.04. The van der Waals surface area contributed by atoms with Crippen LogP contribution in [0.15, 0.2) is 16.2 Å². The van der Waals surface area contributed by atoms with Gasteiger partial charge in [0.25, 0.3) is 11.5 Å². The summed E-state index contributed by atoms with van der Waals surface area (Å²) in [6.45, 7) is 0. The van der Waals surface area contributed by atoms with Gasteiger partial charge in [0.15, 0.2) is 5.75 Å². The number of aromatic amines is 1. The van der Waals surface area contributed by atoms with E-state index >= 15 is 0 Å². The number of carbonyl (C=O) groups is 2. The van der Waals surface area contributed by atoms with E-state index in [1.165, 1.54) is 7.11 Å². The van der Waals surface area contributed by atoms with Crippen molar-refractivity contribution in [3.63, 3.8) is 0 Å². The van der Waals surface area contributed by atoms with Crippen molar-refractivity contribution in [1.82, 2.24) is 10.2 Å². The minimum atomic E-state index is -1.38. The maximum absolute atomic E-state index is 11.3. The van der Waals surface area contributed by atoms with Crippen molar-refractivity contribution in [3.05, 3.63) is 32.2 Å². The first-order valence-corrected chi connectivity index (χ1v) is 6.12. The molecule has 0 bridgehead atoms. The molecule has 8 nitrogen and oxygen atoms in total. The van der Waals surface area contributed by atoms with Crippen LogP contribution in [0.1, 0.15) is 20.0 Å². The van der Waals surface area contributed by atoms with E-state index in [0.717, 1.165) is 17.4 Å². The summed E-state index contributed by atoms with van der Waals surface area (Å²) in [5.41, 5.74) is 4.48. The molecule has 0 radical (unpaired) electrons. The molecule has 0 unspecified atom stereocenters. The zero-order valence-corrected chi connectivity index (χ0v) is 11.0. The zero-order chi connectivity index (χ0) is 14.9. The number of aromatic carboxylic acids is 1. The lowest BCUT2D eigenvalue weighted by molar-refractivity contribution is 0.0694. The molecule has 2 heterocycles. The number of H-pyrrole nitrogens is 1. The van der Waals surface area contributed by atoms with E-state index in [9.17, 15) is 14.4 Å². The summed E-state index contributed by atoms with van der Waals surface area (Å²) in [5.74, 6) is -1.85. The van der Waals surface area contributed by atoms with Crippen molar-refractivity contribution in [2.24, 2.45) is 5.73 Å². The average molecular weight is 295 g/mol. The van der Waals surface area contributed by atoms with Crippen LogP contribution in [-0.4, -0.2) is 34.3 Å². The van der Waals surface area contributed by atoms with Crippen molar-refractivity contribution in [1.29, 1.82) is 0 Å². The van der Waals surface area contributed by atoms with E-state index in [1.54, 1.807) is 5.38 Å². The highest BCUT2D eigenvalue weighted by molar-refractivity contribution is 7.13. The average Bonchev–Trinajstić information content (AvgIpc) is 2.82. The molecule has 2 aromatic heterocycles. The molecule has 0 saturated carbocycles. The van der Waals surface area contributed by atoms with Crippen LogP contribution < -0.4 is 16.0 Å². The molecule has 104 valence electrons. The predicted molar refractivity (Wildman–Crippen MR) is 70.2 cm³/mol. The Morgan fingerprint density at radius 1 is 1.50 bits per heavy atom. The summed E-state index contributed by atoms with van der Waals surface area (Å²) in [6.07, 6.45) is 0. The Labute approximate surface area is 115 Å². The number of primary amides is 1. The summed E-state index contributed by atoms with van der Waals surface area (Å²) in [6, 6.07) is 1.11. The standard InChI is InChI=1S/C11H9N3O5S/c1-19-7-5(3-20-8(7)9(12)15)6-2-4(11(17)18)10(16)14-13-6/h2-3H,1H3,(H2,12,15)(H,14,16)(H,17,18). The van der Waals surface area contributed by atoms with Gasteiger partial charge in [0, 0.05) is 5.38 Å². The van der Waals surface area contributed by atoms with Gasteiger partial charge in [0.05, 0.1) is 18.4 Å². The molecule has 0 fully saturated rings. The molecule has 9 heteroatoms. The maximum Gasteiger partial charge on any atom is 0.341 e. The SMILES string of the molecule is COc1c(-c2cc(C(=O)O)c(=O)[nH]n2)csc1C(N)=O. The van der Waals surface area contributed by atoms with Gasteiger partial charge >= 0.3 is 5.97 Å². The molecule has 0 aliphatic rings. The number of rotatable bonds is 4. The van der Waals surface area contributed by atoms with Crippen molar-refractivity contribution < 1.29 is 19.4 Å². The van der Waals surface area contributed by atoms with Crippen molar-refractivity contribution in [3.8, 4) is 17.0 Å². The number of thiophene rings is 1. The number of carboxylic acids is 1. The van der Waals surface area contributed by atoms with Gasteiger partial charge in [-0.1, -0.05) is 0 Å². The third-order valence-corrected chi connectivity index (χ3v) is 3.46. The fourth-order valence-electron chi connectivity index (χ4n) is 1.60. The Morgan fingerprint density at radius 3 is 2.75 bits per heavy atom. The van der Waals surface area contributed by atoms with Crippen molar-refractivity contribution in [2.75, 3.05) is 7.11 Å².